The number of fused-ring (bicyclic) bond motifs is 2. The van der Waals surface area contributed by atoms with E-state index in [1.807, 2.05) is 12.2 Å². The van der Waals surface area contributed by atoms with Crippen LogP contribution < -0.4 is 0 Å². The Balaban J connectivity index is 2.12. The molecule has 12 heavy (non-hydrogen) atoms. The average Bonchev–Trinajstić information content (AvgIpc) is 2.64. The highest BCUT2D eigenvalue weighted by atomic mass is 19.3. The molecule has 2 aliphatic carbocycles. The van der Waals surface area contributed by atoms with E-state index < -0.39 is 18.5 Å². The third-order valence-corrected chi connectivity index (χ3v) is 3.00. The monoisotopic (exact) mass is 176 g/mol. The van der Waals surface area contributed by atoms with Gasteiger partial charge in [-0.1, -0.05) is 12.2 Å². The van der Waals surface area contributed by atoms with Gasteiger partial charge in [0, 0.05) is 5.92 Å². The molecule has 2 rings (SSSR count). The summed E-state index contributed by atoms with van der Waals surface area (Å²) in [5.74, 6) is -3.61. The van der Waals surface area contributed by atoms with E-state index in [0.29, 0.717) is 6.42 Å². The summed E-state index contributed by atoms with van der Waals surface area (Å²) in [6.45, 7) is -1.51. The van der Waals surface area contributed by atoms with Crippen molar-refractivity contribution in [3.05, 3.63) is 12.2 Å². The van der Waals surface area contributed by atoms with Gasteiger partial charge in [-0.3, -0.25) is 0 Å². The molecule has 0 saturated heterocycles. The molecule has 0 aromatic heterocycles. The second-order valence-corrected chi connectivity index (χ2v) is 3.78. The van der Waals surface area contributed by atoms with Crippen molar-refractivity contribution in [3.63, 3.8) is 0 Å². The summed E-state index contributed by atoms with van der Waals surface area (Å²) in [6, 6.07) is 0. The molecule has 0 nitrogen and oxygen atoms in total. The highest BCUT2D eigenvalue weighted by Crippen LogP contribution is 2.49. The van der Waals surface area contributed by atoms with Crippen molar-refractivity contribution in [1.29, 1.82) is 0 Å². The number of hydrogen-bond acceptors (Lipinski definition) is 0. The molecule has 2 aliphatic rings. The molecule has 0 N–H and O–H groups in total. The smallest absolute Gasteiger partial charge is 0.244 e. The van der Waals surface area contributed by atoms with Gasteiger partial charge in [0.2, 0.25) is 0 Å². The average molecular weight is 176 g/mol. The van der Waals surface area contributed by atoms with Crippen molar-refractivity contribution in [2.75, 3.05) is 6.67 Å². The van der Waals surface area contributed by atoms with Crippen molar-refractivity contribution >= 4 is 0 Å². The van der Waals surface area contributed by atoms with Crippen LogP contribution in [0, 0.1) is 17.8 Å². The van der Waals surface area contributed by atoms with Crippen LogP contribution in [-0.2, 0) is 0 Å². The zero-order valence-electron chi connectivity index (χ0n) is 6.64. The van der Waals surface area contributed by atoms with E-state index in [9.17, 15) is 13.2 Å². The van der Waals surface area contributed by atoms with Gasteiger partial charge in [0.05, 0.1) is 0 Å². The normalized spacial score (nSPS) is 39.4. The van der Waals surface area contributed by atoms with Gasteiger partial charge in [-0.25, -0.2) is 13.2 Å². The van der Waals surface area contributed by atoms with E-state index in [1.165, 1.54) is 0 Å². The molecular weight excluding hydrogens is 165 g/mol. The molecule has 0 amide bonds. The summed E-state index contributed by atoms with van der Waals surface area (Å²) >= 11 is 0. The van der Waals surface area contributed by atoms with E-state index in [4.69, 9.17) is 0 Å². The first-order valence-electron chi connectivity index (χ1n) is 4.25. The fourth-order valence-electron chi connectivity index (χ4n) is 2.37. The second-order valence-electron chi connectivity index (χ2n) is 3.78. The molecular formula is C9H11F3. The number of alkyl halides is 3. The first kappa shape index (κ1) is 8.14. The van der Waals surface area contributed by atoms with Crippen molar-refractivity contribution < 1.29 is 13.2 Å². The number of hydrogen-bond donors (Lipinski definition) is 0. The minimum Gasteiger partial charge on any atom is -0.244 e. The van der Waals surface area contributed by atoms with E-state index >= 15 is 0 Å². The largest absolute Gasteiger partial charge is 0.279 e. The first-order valence-corrected chi connectivity index (χ1v) is 4.25. The Morgan fingerprint density at radius 2 is 2.00 bits per heavy atom. The van der Waals surface area contributed by atoms with E-state index in [1.54, 1.807) is 0 Å². The van der Waals surface area contributed by atoms with Crippen LogP contribution >= 0.6 is 0 Å². The summed E-state index contributed by atoms with van der Waals surface area (Å²) in [5, 5.41) is 0. The molecule has 0 aromatic rings. The molecule has 2 bridgehead atoms. The Kier molecular flexibility index (Phi) is 1.70. The highest BCUT2D eigenvalue weighted by molar-refractivity contribution is 5.12. The van der Waals surface area contributed by atoms with Crippen molar-refractivity contribution in [2.24, 2.45) is 17.8 Å². The molecule has 1 fully saturated rings. The summed E-state index contributed by atoms with van der Waals surface area (Å²) in [6.07, 6.45) is 5.08. The lowest BCUT2D eigenvalue weighted by Gasteiger charge is -2.25. The summed E-state index contributed by atoms with van der Waals surface area (Å²) in [5.41, 5.74) is 0. The van der Waals surface area contributed by atoms with Crippen LogP contribution in [0.25, 0.3) is 0 Å². The fraction of sp³-hybridized carbons (Fsp3) is 0.778. The van der Waals surface area contributed by atoms with Crippen molar-refractivity contribution in [3.8, 4) is 0 Å². The maximum atomic E-state index is 12.9. The Morgan fingerprint density at radius 3 is 2.42 bits per heavy atom. The second kappa shape index (κ2) is 2.51. The lowest BCUT2D eigenvalue weighted by molar-refractivity contribution is -0.0843. The third kappa shape index (κ3) is 1.06. The summed E-state index contributed by atoms with van der Waals surface area (Å²) in [4.78, 5) is 0. The standard InChI is InChI=1S/C9H11F3/c10-5-9(11,12)8-4-6-1-2-7(8)3-6/h1-2,6-8H,3-5H2. The molecule has 3 atom stereocenters. The van der Waals surface area contributed by atoms with Gasteiger partial charge in [-0.05, 0) is 24.7 Å². The van der Waals surface area contributed by atoms with Gasteiger partial charge in [-0.15, -0.1) is 0 Å². The van der Waals surface area contributed by atoms with Gasteiger partial charge in [0.25, 0.3) is 5.92 Å². The van der Waals surface area contributed by atoms with E-state index in [-0.39, 0.29) is 11.8 Å². The highest BCUT2D eigenvalue weighted by Gasteiger charge is 2.50. The van der Waals surface area contributed by atoms with Gasteiger partial charge >= 0.3 is 0 Å². The number of allylic oxidation sites excluding steroid dienone is 2. The zero-order chi connectivity index (χ0) is 8.77. The molecule has 0 heterocycles. The summed E-state index contributed by atoms with van der Waals surface area (Å²) in [7, 11) is 0. The number of halogens is 3. The summed E-state index contributed by atoms with van der Waals surface area (Å²) < 4.78 is 37.8. The predicted octanol–water partition coefficient (Wildman–Crippen LogP) is 2.80. The Hall–Kier alpha value is -0.470. The third-order valence-electron chi connectivity index (χ3n) is 3.00. The molecule has 3 unspecified atom stereocenters. The predicted molar refractivity (Wildman–Crippen MR) is 39.8 cm³/mol. The van der Waals surface area contributed by atoms with Crippen LogP contribution in [-0.4, -0.2) is 12.6 Å². The molecule has 3 heteroatoms. The lowest BCUT2D eigenvalue weighted by atomic mass is 9.88. The van der Waals surface area contributed by atoms with E-state index in [0.717, 1.165) is 6.42 Å². The van der Waals surface area contributed by atoms with Crippen molar-refractivity contribution in [1.82, 2.24) is 0 Å². The quantitative estimate of drug-likeness (QED) is 0.567. The van der Waals surface area contributed by atoms with Crippen LogP contribution in [0.4, 0.5) is 13.2 Å². The Bertz CT molecular complexity index is 210. The molecule has 68 valence electrons. The Labute approximate surface area is 69.5 Å². The minimum atomic E-state index is -3.09. The fourth-order valence-corrected chi connectivity index (χ4v) is 2.37. The minimum absolute atomic E-state index is 0.0688. The first-order chi connectivity index (χ1) is 5.63. The van der Waals surface area contributed by atoms with E-state index in [2.05, 4.69) is 0 Å². The van der Waals surface area contributed by atoms with Crippen molar-refractivity contribution in [2.45, 2.75) is 18.8 Å². The lowest BCUT2D eigenvalue weighted by Crippen LogP contribution is -2.33. The molecule has 0 radical (unpaired) electrons. The molecule has 1 saturated carbocycles. The van der Waals surface area contributed by atoms with Crippen LogP contribution in [0.15, 0.2) is 12.2 Å². The topological polar surface area (TPSA) is 0 Å². The Morgan fingerprint density at radius 1 is 1.25 bits per heavy atom. The number of rotatable bonds is 2. The van der Waals surface area contributed by atoms with Crippen LogP contribution in [0.3, 0.4) is 0 Å². The van der Waals surface area contributed by atoms with Crippen LogP contribution in [0.2, 0.25) is 0 Å². The van der Waals surface area contributed by atoms with Crippen LogP contribution in [0.5, 0.6) is 0 Å². The molecule has 0 spiro atoms. The van der Waals surface area contributed by atoms with Crippen LogP contribution in [0.1, 0.15) is 12.8 Å². The van der Waals surface area contributed by atoms with Gasteiger partial charge < -0.3 is 0 Å². The SMILES string of the molecule is FCC(F)(F)C1CC2C=CC1C2. The van der Waals surface area contributed by atoms with Gasteiger partial charge in [-0.2, -0.15) is 0 Å². The molecule has 0 aromatic carbocycles. The van der Waals surface area contributed by atoms with Gasteiger partial charge in [0.15, 0.2) is 6.67 Å². The van der Waals surface area contributed by atoms with Gasteiger partial charge in [0.1, 0.15) is 0 Å². The maximum Gasteiger partial charge on any atom is 0.279 e. The maximum absolute atomic E-state index is 12.9. The molecule has 0 aliphatic heterocycles. The zero-order valence-corrected chi connectivity index (χ0v) is 6.64.